The maximum absolute atomic E-state index is 12.4. The van der Waals surface area contributed by atoms with Gasteiger partial charge in [0.2, 0.25) is 5.91 Å². The van der Waals surface area contributed by atoms with Gasteiger partial charge in [0.05, 0.1) is 18.1 Å². The molecule has 2 amide bonds. The molecule has 0 saturated carbocycles. The predicted octanol–water partition coefficient (Wildman–Crippen LogP) is 1.46. The Hall–Kier alpha value is -2.26. The van der Waals surface area contributed by atoms with Crippen LogP contribution in [0.2, 0.25) is 0 Å². The van der Waals surface area contributed by atoms with Crippen molar-refractivity contribution in [2.75, 3.05) is 48.9 Å². The second-order valence-electron chi connectivity index (χ2n) is 7.57. The van der Waals surface area contributed by atoms with Crippen LogP contribution in [0.4, 0.5) is 11.4 Å². The first kappa shape index (κ1) is 20.0. The minimum atomic E-state index is -0.611. The molecule has 29 heavy (non-hydrogen) atoms. The van der Waals surface area contributed by atoms with E-state index in [1.807, 2.05) is 31.2 Å². The van der Waals surface area contributed by atoms with E-state index in [9.17, 15) is 14.4 Å². The Morgan fingerprint density at radius 2 is 2.00 bits per heavy atom. The number of carbonyl (C=O) groups excluding carboxylic acids is 3. The quantitative estimate of drug-likeness (QED) is 0.723. The highest BCUT2D eigenvalue weighted by molar-refractivity contribution is 8.01. The number of nitrogens with zero attached hydrogens (tertiary/aromatic N) is 2. The van der Waals surface area contributed by atoms with E-state index in [4.69, 9.17) is 9.47 Å². The number of hydrogen-bond donors (Lipinski definition) is 1. The van der Waals surface area contributed by atoms with Crippen molar-refractivity contribution < 1.29 is 23.9 Å². The number of thioether (sulfide) groups is 1. The van der Waals surface area contributed by atoms with Crippen LogP contribution in [0.25, 0.3) is 0 Å². The summed E-state index contributed by atoms with van der Waals surface area (Å²) >= 11 is 1.60. The van der Waals surface area contributed by atoms with Gasteiger partial charge in [0.1, 0.15) is 6.04 Å². The maximum atomic E-state index is 12.4. The minimum absolute atomic E-state index is 0.0238. The van der Waals surface area contributed by atoms with Crippen LogP contribution in [0.15, 0.2) is 24.3 Å². The first-order valence-electron chi connectivity index (χ1n) is 9.82. The lowest BCUT2D eigenvalue weighted by Crippen LogP contribution is -2.47. The van der Waals surface area contributed by atoms with Crippen LogP contribution in [0, 0.1) is 0 Å². The van der Waals surface area contributed by atoms with Gasteiger partial charge in [-0.2, -0.15) is 0 Å². The molecule has 9 heteroatoms. The zero-order valence-corrected chi connectivity index (χ0v) is 17.2. The first-order chi connectivity index (χ1) is 14.0. The third-order valence-electron chi connectivity index (χ3n) is 5.59. The molecule has 0 spiro atoms. The molecular weight excluding hydrogens is 394 g/mol. The summed E-state index contributed by atoms with van der Waals surface area (Å²) in [5.74, 6) is -0.441. The number of benzene rings is 1. The number of morpholine rings is 1. The van der Waals surface area contributed by atoms with Crippen molar-refractivity contribution in [3.63, 3.8) is 0 Å². The SMILES string of the molecule is C[C@]12CCC(=O)N1[C@H](C(=O)OCC(=O)Nc1ccc(N3CCOCC3)cc1)CS2. The Labute approximate surface area is 173 Å². The van der Waals surface area contributed by atoms with Crippen LogP contribution in [-0.2, 0) is 23.9 Å². The van der Waals surface area contributed by atoms with Gasteiger partial charge in [0, 0.05) is 36.6 Å². The fourth-order valence-electron chi connectivity index (χ4n) is 4.00. The van der Waals surface area contributed by atoms with E-state index in [0.717, 1.165) is 25.2 Å². The molecule has 1 aromatic carbocycles. The van der Waals surface area contributed by atoms with Gasteiger partial charge in [-0.25, -0.2) is 4.79 Å². The molecule has 1 N–H and O–H groups in total. The summed E-state index contributed by atoms with van der Waals surface area (Å²) in [6, 6.07) is 6.94. The maximum Gasteiger partial charge on any atom is 0.330 e. The monoisotopic (exact) mass is 419 g/mol. The number of anilines is 2. The highest BCUT2D eigenvalue weighted by atomic mass is 32.2. The molecule has 3 aliphatic rings. The van der Waals surface area contributed by atoms with Crippen molar-refractivity contribution in [2.24, 2.45) is 0 Å². The average Bonchev–Trinajstić information content (AvgIpc) is 3.23. The smallest absolute Gasteiger partial charge is 0.330 e. The van der Waals surface area contributed by atoms with E-state index in [0.29, 0.717) is 31.1 Å². The average molecular weight is 420 g/mol. The van der Waals surface area contributed by atoms with E-state index in [1.54, 1.807) is 16.7 Å². The van der Waals surface area contributed by atoms with Gasteiger partial charge in [-0.3, -0.25) is 9.59 Å². The molecule has 3 saturated heterocycles. The molecule has 3 heterocycles. The molecular formula is C20H25N3O5S. The molecule has 1 aromatic rings. The van der Waals surface area contributed by atoms with Crippen molar-refractivity contribution in [2.45, 2.75) is 30.7 Å². The zero-order valence-electron chi connectivity index (χ0n) is 16.4. The van der Waals surface area contributed by atoms with Crippen molar-refractivity contribution in [1.29, 1.82) is 0 Å². The van der Waals surface area contributed by atoms with Gasteiger partial charge >= 0.3 is 5.97 Å². The Morgan fingerprint density at radius 3 is 2.72 bits per heavy atom. The summed E-state index contributed by atoms with van der Waals surface area (Å²) < 4.78 is 10.6. The molecule has 0 unspecified atom stereocenters. The van der Waals surface area contributed by atoms with E-state index in [2.05, 4.69) is 10.2 Å². The zero-order chi connectivity index (χ0) is 20.4. The molecule has 4 rings (SSSR count). The number of amides is 2. The highest BCUT2D eigenvalue weighted by Crippen LogP contribution is 2.47. The van der Waals surface area contributed by atoms with E-state index < -0.39 is 17.9 Å². The van der Waals surface area contributed by atoms with Gasteiger partial charge in [-0.1, -0.05) is 0 Å². The lowest BCUT2D eigenvalue weighted by molar-refractivity contribution is -0.155. The van der Waals surface area contributed by atoms with Crippen LogP contribution in [0.1, 0.15) is 19.8 Å². The van der Waals surface area contributed by atoms with Crippen LogP contribution < -0.4 is 10.2 Å². The second-order valence-corrected chi connectivity index (χ2v) is 9.07. The molecule has 8 nitrogen and oxygen atoms in total. The molecule has 2 atom stereocenters. The first-order valence-corrected chi connectivity index (χ1v) is 10.8. The summed E-state index contributed by atoms with van der Waals surface area (Å²) in [6.07, 6.45) is 1.19. The van der Waals surface area contributed by atoms with Crippen molar-refractivity contribution in [3.05, 3.63) is 24.3 Å². The summed E-state index contributed by atoms with van der Waals surface area (Å²) in [5, 5.41) is 2.74. The standard InChI is InChI=1S/C20H25N3O5S/c1-20-7-6-18(25)23(20)16(13-29-20)19(26)28-12-17(24)21-14-2-4-15(5-3-14)22-8-10-27-11-9-22/h2-5,16H,6-13H2,1H3,(H,21,24)/t16-,20-/m0/s1. The van der Waals surface area contributed by atoms with Crippen molar-refractivity contribution in [3.8, 4) is 0 Å². The molecule has 3 aliphatic heterocycles. The normalized spacial score (nSPS) is 26.4. The van der Waals surface area contributed by atoms with Gasteiger partial charge < -0.3 is 24.6 Å². The van der Waals surface area contributed by atoms with Crippen LogP contribution >= 0.6 is 11.8 Å². The van der Waals surface area contributed by atoms with Crippen LogP contribution in [0.3, 0.4) is 0 Å². The molecule has 0 aromatic heterocycles. The van der Waals surface area contributed by atoms with Gasteiger partial charge in [0.25, 0.3) is 5.91 Å². The Morgan fingerprint density at radius 1 is 1.28 bits per heavy atom. The van der Waals surface area contributed by atoms with Crippen molar-refractivity contribution in [1.82, 2.24) is 4.90 Å². The lowest BCUT2D eigenvalue weighted by Gasteiger charge is -2.29. The number of rotatable bonds is 5. The Bertz CT molecular complexity index is 796. The highest BCUT2D eigenvalue weighted by Gasteiger charge is 2.53. The second kappa shape index (κ2) is 8.23. The third-order valence-corrected chi connectivity index (χ3v) is 7.09. The molecule has 0 bridgehead atoms. The van der Waals surface area contributed by atoms with Gasteiger partial charge in [-0.05, 0) is 37.6 Å². The summed E-state index contributed by atoms with van der Waals surface area (Å²) in [6.45, 7) is 4.73. The fourth-order valence-corrected chi connectivity index (χ4v) is 5.42. The summed E-state index contributed by atoms with van der Waals surface area (Å²) in [7, 11) is 0. The molecule has 3 fully saturated rings. The van der Waals surface area contributed by atoms with Gasteiger partial charge in [-0.15, -0.1) is 11.8 Å². The third kappa shape index (κ3) is 4.20. The summed E-state index contributed by atoms with van der Waals surface area (Å²) in [4.78, 5) is 40.2. The number of nitrogens with one attached hydrogen (secondary N) is 1. The number of ether oxygens (including phenoxy) is 2. The van der Waals surface area contributed by atoms with Gasteiger partial charge in [0.15, 0.2) is 6.61 Å². The molecule has 156 valence electrons. The van der Waals surface area contributed by atoms with Crippen LogP contribution in [-0.4, -0.2) is 72.3 Å². The fraction of sp³-hybridized carbons (Fsp3) is 0.550. The number of esters is 1. The Kier molecular flexibility index (Phi) is 5.69. The molecule has 0 radical (unpaired) electrons. The van der Waals surface area contributed by atoms with E-state index in [-0.39, 0.29) is 17.4 Å². The lowest BCUT2D eigenvalue weighted by atomic mass is 10.2. The van der Waals surface area contributed by atoms with Crippen LogP contribution in [0.5, 0.6) is 0 Å². The Balaban J connectivity index is 1.27. The predicted molar refractivity (Wildman–Crippen MR) is 110 cm³/mol. The number of carbonyl (C=O) groups is 3. The topological polar surface area (TPSA) is 88.2 Å². The summed E-state index contributed by atoms with van der Waals surface area (Å²) in [5.41, 5.74) is 1.72. The number of fused-ring (bicyclic) bond motifs is 1. The minimum Gasteiger partial charge on any atom is -0.454 e. The largest absolute Gasteiger partial charge is 0.454 e. The van der Waals surface area contributed by atoms with E-state index >= 15 is 0 Å². The van der Waals surface area contributed by atoms with Crippen molar-refractivity contribution >= 4 is 40.9 Å². The van der Waals surface area contributed by atoms with E-state index in [1.165, 1.54) is 0 Å². The molecule has 0 aliphatic carbocycles. The number of hydrogen-bond acceptors (Lipinski definition) is 7.